The van der Waals surface area contributed by atoms with E-state index in [4.69, 9.17) is 4.74 Å². The monoisotopic (exact) mass is 294 g/mol. The maximum atomic E-state index is 12.6. The van der Waals surface area contributed by atoms with Gasteiger partial charge in [-0.1, -0.05) is 6.92 Å². The maximum Gasteiger partial charge on any atom is 0.443 e. The minimum absolute atomic E-state index is 0.0532. The second-order valence-electron chi connectivity index (χ2n) is 4.55. The third-order valence-electron chi connectivity index (χ3n) is 3.23. The zero-order valence-corrected chi connectivity index (χ0v) is 11.5. The van der Waals surface area contributed by atoms with Crippen LogP contribution < -0.4 is 5.32 Å². The van der Waals surface area contributed by atoms with E-state index < -0.39 is 11.2 Å². The fraction of sp³-hybridized carbons (Fsp3) is 0.750. The standard InChI is InChI=1S/C12H17F3N2OS/c1-2-16-10(8-3-5-18-6-4-8)9-7-17-11(19-9)12(13,14)15/h7-8,10,16H,2-6H2,1H3. The summed E-state index contributed by atoms with van der Waals surface area (Å²) in [6, 6.07) is -0.0532. The van der Waals surface area contributed by atoms with Crippen molar-refractivity contribution < 1.29 is 17.9 Å². The van der Waals surface area contributed by atoms with Crippen LogP contribution in [0.4, 0.5) is 13.2 Å². The average Bonchev–Trinajstić information content (AvgIpc) is 2.86. The van der Waals surface area contributed by atoms with Crippen molar-refractivity contribution in [1.82, 2.24) is 10.3 Å². The number of ether oxygens (including phenoxy) is 1. The van der Waals surface area contributed by atoms with Gasteiger partial charge in [0.1, 0.15) is 0 Å². The van der Waals surface area contributed by atoms with Gasteiger partial charge >= 0.3 is 6.18 Å². The minimum Gasteiger partial charge on any atom is -0.381 e. The van der Waals surface area contributed by atoms with Crippen LogP contribution in [-0.2, 0) is 10.9 Å². The molecule has 1 N–H and O–H groups in total. The Labute approximate surface area is 114 Å². The molecule has 1 fully saturated rings. The van der Waals surface area contributed by atoms with Gasteiger partial charge in [0.05, 0.1) is 0 Å². The number of nitrogens with zero attached hydrogens (tertiary/aromatic N) is 1. The highest BCUT2D eigenvalue weighted by atomic mass is 32.1. The van der Waals surface area contributed by atoms with Gasteiger partial charge in [-0.15, -0.1) is 11.3 Å². The largest absolute Gasteiger partial charge is 0.443 e. The number of alkyl halides is 3. The molecule has 1 aromatic heterocycles. The smallest absolute Gasteiger partial charge is 0.381 e. The van der Waals surface area contributed by atoms with E-state index >= 15 is 0 Å². The summed E-state index contributed by atoms with van der Waals surface area (Å²) >= 11 is 0.742. The lowest BCUT2D eigenvalue weighted by atomic mass is 9.91. The van der Waals surface area contributed by atoms with Crippen LogP contribution in [0.2, 0.25) is 0 Å². The molecule has 0 amide bonds. The van der Waals surface area contributed by atoms with Crippen molar-refractivity contribution in [2.75, 3.05) is 19.8 Å². The third kappa shape index (κ3) is 3.67. The fourth-order valence-corrected chi connectivity index (χ4v) is 3.28. The quantitative estimate of drug-likeness (QED) is 0.925. The molecule has 0 saturated carbocycles. The molecule has 1 atom stereocenters. The highest BCUT2D eigenvalue weighted by Crippen LogP contribution is 2.38. The Morgan fingerprint density at radius 2 is 2.16 bits per heavy atom. The molecule has 2 rings (SSSR count). The Kier molecular flexibility index (Phi) is 4.81. The van der Waals surface area contributed by atoms with Crippen LogP contribution in [0.25, 0.3) is 0 Å². The topological polar surface area (TPSA) is 34.2 Å². The van der Waals surface area contributed by atoms with E-state index in [9.17, 15) is 13.2 Å². The van der Waals surface area contributed by atoms with Gasteiger partial charge in [-0.2, -0.15) is 13.2 Å². The van der Waals surface area contributed by atoms with E-state index in [1.807, 2.05) is 6.92 Å². The van der Waals surface area contributed by atoms with Gasteiger partial charge in [-0.25, -0.2) is 4.98 Å². The number of thiazole rings is 1. The minimum atomic E-state index is -4.35. The van der Waals surface area contributed by atoms with E-state index in [2.05, 4.69) is 10.3 Å². The van der Waals surface area contributed by atoms with Crippen LogP contribution in [0.1, 0.15) is 35.7 Å². The van der Waals surface area contributed by atoms with Crippen molar-refractivity contribution in [1.29, 1.82) is 0 Å². The fourth-order valence-electron chi connectivity index (χ4n) is 2.33. The number of rotatable bonds is 4. The Morgan fingerprint density at radius 3 is 2.68 bits per heavy atom. The molecule has 1 aromatic rings. The van der Waals surface area contributed by atoms with Crippen molar-refractivity contribution in [2.24, 2.45) is 5.92 Å². The number of halogens is 3. The SMILES string of the molecule is CCNC(c1cnc(C(F)(F)F)s1)C1CCOCC1. The van der Waals surface area contributed by atoms with Crippen LogP contribution >= 0.6 is 11.3 Å². The summed E-state index contributed by atoms with van der Waals surface area (Å²) in [7, 11) is 0. The molecule has 0 aromatic carbocycles. The first-order valence-corrected chi connectivity index (χ1v) is 7.18. The van der Waals surface area contributed by atoms with Gasteiger partial charge < -0.3 is 10.1 Å². The molecule has 1 aliphatic rings. The zero-order chi connectivity index (χ0) is 13.9. The summed E-state index contributed by atoms with van der Waals surface area (Å²) in [6.45, 7) is 4.04. The van der Waals surface area contributed by atoms with Crippen LogP contribution in [0.15, 0.2) is 6.20 Å². The molecular weight excluding hydrogens is 277 g/mol. The Balaban J connectivity index is 2.16. The molecule has 1 unspecified atom stereocenters. The van der Waals surface area contributed by atoms with Crippen molar-refractivity contribution >= 4 is 11.3 Å². The number of aromatic nitrogens is 1. The highest BCUT2D eigenvalue weighted by molar-refractivity contribution is 7.11. The molecule has 7 heteroatoms. The van der Waals surface area contributed by atoms with E-state index in [0.29, 0.717) is 24.0 Å². The Morgan fingerprint density at radius 1 is 1.47 bits per heavy atom. The average molecular weight is 294 g/mol. The van der Waals surface area contributed by atoms with Gasteiger partial charge in [0.25, 0.3) is 0 Å². The van der Waals surface area contributed by atoms with E-state index in [1.165, 1.54) is 6.20 Å². The molecule has 108 valence electrons. The first kappa shape index (κ1) is 14.7. The normalized spacial score (nSPS) is 19.6. The molecule has 1 aliphatic heterocycles. The van der Waals surface area contributed by atoms with Crippen molar-refractivity contribution in [2.45, 2.75) is 32.0 Å². The summed E-state index contributed by atoms with van der Waals surface area (Å²) in [4.78, 5) is 4.18. The second-order valence-corrected chi connectivity index (χ2v) is 5.61. The van der Waals surface area contributed by atoms with Gasteiger partial charge in [-0.05, 0) is 25.3 Å². The van der Waals surface area contributed by atoms with Crippen LogP contribution in [0.3, 0.4) is 0 Å². The summed E-state index contributed by atoms with van der Waals surface area (Å²) in [5.74, 6) is 0.315. The van der Waals surface area contributed by atoms with Gasteiger partial charge in [-0.3, -0.25) is 0 Å². The predicted molar refractivity (Wildman–Crippen MR) is 67.1 cm³/mol. The second kappa shape index (κ2) is 6.19. The molecular formula is C12H17F3N2OS. The van der Waals surface area contributed by atoms with E-state index in [0.717, 1.165) is 30.7 Å². The first-order valence-electron chi connectivity index (χ1n) is 6.36. The van der Waals surface area contributed by atoms with E-state index in [-0.39, 0.29) is 6.04 Å². The molecule has 0 aliphatic carbocycles. The number of hydrogen-bond acceptors (Lipinski definition) is 4. The molecule has 19 heavy (non-hydrogen) atoms. The highest BCUT2D eigenvalue weighted by Gasteiger charge is 2.36. The maximum absolute atomic E-state index is 12.6. The molecule has 2 heterocycles. The molecule has 0 bridgehead atoms. The zero-order valence-electron chi connectivity index (χ0n) is 10.7. The van der Waals surface area contributed by atoms with Gasteiger partial charge in [0.15, 0.2) is 5.01 Å². The van der Waals surface area contributed by atoms with E-state index in [1.54, 1.807) is 0 Å². The Bertz CT molecular complexity index is 402. The predicted octanol–water partition coefficient (Wildman–Crippen LogP) is 3.24. The van der Waals surface area contributed by atoms with Gasteiger partial charge in [0.2, 0.25) is 0 Å². The molecule has 0 radical (unpaired) electrons. The molecule has 0 spiro atoms. The van der Waals surface area contributed by atoms with Crippen molar-refractivity contribution in [3.05, 3.63) is 16.1 Å². The van der Waals surface area contributed by atoms with Crippen LogP contribution in [0.5, 0.6) is 0 Å². The van der Waals surface area contributed by atoms with Crippen LogP contribution in [0, 0.1) is 5.92 Å². The third-order valence-corrected chi connectivity index (χ3v) is 4.36. The van der Waals surface area contributed by atoms with Crippen LogP contribution in [-0.4, -0.2) is 24.7 Å². The summed E-state index contributed by atoms with van der Waals surface area (Å²) in [5, 5.41) is 2.51. The van der Waals surface area contributed by atoms with Crippen molar-refractivity contribution in [3.8, 4) is 0 Å². The number of nitrogens with one attached hydrogen (secondary N) is 1. The lowest BCUT2D eigenvalue weighted by Crippen LogP contribution is -2.31. The first-order chi connectivity index (χ1) is 9.02. The summed E-state index contributed by atoms with van der Waals surface area (Å²) < 4.78 is 43.1. The Hall–Kier alpha value is -0.660. The molecule has 1 saturated heterocycles. The summed E-state index contributed by atoms with van der Waals surface area (Å²) in [6.07, 6.45) is -1.25. The van der Waals surface area contributed by atoms with Crippen molar-refractivity contribution in [3.63, 3.8) is 0 Å². The summed E-state index contributed by atoms with van der Waals surface area (Å²) in [5.41, 5.74) is 0. The molecule has 3 nitrogen and oxygen atoms in total. The lowest BCUT2D eigenvalue weighted by molar-refractivity contribution is -0.137. The van der Waals surface area contributed by atoms with Gasteiger partial charge in [0, 0.05) is 30.3 Å². The lowest BCUT2D eigenvalue weighted by Gasteiger charge is -2.30. The number of hydrogen-bond donors (Lipinski definition) is 1.